The quantitative estimate of drug-likeness (QED) is 0.0247. The highest BCUT2D eigenvalue weighted by molar-refractivity contribution is 5.77. The lowest BCUT2D eigenvalue weighted by Crippen LogP contribution is -2.46. The Hall–Kier alpha value is -3.22. The van der Waals surface area contributed by atoms with Gasteiger partial charge in [0, 0.05) is 6.42 Å². The maximum absolute atomic E-state index is 13.1. The number of nitrogens with one attached hydrogen (secondary N) is 1. The molecule has 3 unspecified atom stereocenters. The predicted molar refractivity (Wildman–Crippen MR) is 254 cm³/mol. The molecule has 0 spiro atoms. The maximum Gasteiger partial charge on any atom is 0.306 e. The molecular formula is C53H89NO5. The average Bonchev–Trinajstić information content (AvgIpc) is 3.23. The number of aliphatic hydroxyl groups excluding tert-OH is 2. The second-order valence-corrected chi connectivity index (χ2v) is 15.9. The lowest BCUT2D eigenvalue weighted by atomic mass is 10.0. The summed E-state index contributed by atoms with van der Waals surface area (Å²) in [5.41, 5.74) is 0. The van der Waals surface area contributed by atoms with Gasteiger partial charge < -0.3 is 20.3 Å². The monoisotopic (exact) mass is 820 g/mol. The molecule has 0 aliphatic rings. The summed E-state index contributed by atoms with van der Waals surface area (Å²) in [7, 11) is 0. The van der Waals surface area contributed by atoms with Crippen LogP contribution in [0.4, 0.5) is 0 Å². The number of esters is 1. The van der Waals surface area contributed by atoms with Crippen molar-refractivity contribution in [1.29, 1.82) is 0 Å². The molecule has 336 valence electrons. The van der Waals surface area contributed by atoms with E-state index in [4.69, 9.17) is 4.74 Å². The zero-order valence-corrected chi connectivity index (χ0v) is 38.1. The Kier molecular flexibility index (Phi) is 43.4. The van der Waals surface area contributed by atoms with Crippen molar-refractivity contribution >= 4 is 11.9 Å². The van der Waals surface area contributed by atoms with E-state index in [1.165, 1.54) is 70.6 Å². The van der Waals surface area contributed by atoms with Crippen LogP contribution in [0.2, 0.25) is 0 Å². The fraction of sp³-hybridized carbons (Fsp3) is 0.660. The lowest BCUT2D eigenvalue weighted by molar-refractivity contribution is -0.151. The molecule has 6 nitrogen and oxygen atoms in total. The van der Waals surface area contributed by atoms with Gasteiger partial charge in [0.05, 0.1) is 25.2 Å². The van der Waals surface area contributed by atoms with Gasteiger partial charge in [-0.15, -0.1) is 0 Å². The highest BCUT2D eigenvalue weighted by atomic mass is 16.5. The minimum Gasteiger partial charge on any atom is -0.462 e. The molecule has 0 aromatic rings. The molecule has 0 rings (SSSR count). The Morgan fingerprint density at radius 2 is 1.00 bits per heavy atom. The Labute approximate surface area is 363 Å². The van der Waals surface area contributed by atoms with E-state index in [-0.39, 0.29) is 24.9 Å². The van der Waals surface area contributed by atoms with Crippen molar-refractivity contribution in [3.63, 3.8) is 0 Å². The molecule has 0 aromatic carbocycles. The van der Waals surface area contributed by atoms with Crippen LogP contribution < -0.4 is 5.32 Å². The highest BCUT2D eigenvalue weighted by Gasteiger charge is 2.24. The van der Waals surface area contributed by atoms with E-state index in [1.54, 1.807) is 0 Å². The number of amides is 1. The first kappa shape index (κ1) is 55.8. The summed E-state index contributed by atoms with van der Waals surface area (Å²) >= 11 is 0. The van der Waals surface area contributed by atoms with Crippen molar-refractivity contribution in [3.05, 3.63) is 97.2 Å². The average molecular weight is 820 g/mol. The van der Waals surface area contributed by atoms with Gasteiger partial charge in [-0.05, 0) is 83.5 Å². The number of hydrogen-bond donors (Lipinski definition) is 3. The third-order valence-electron chi connectivity index (χ3n) is 10.2. The molecule has 0 fully saturated rings. The Balaban J connectivity index is 4.81. The molecule has 0 bridgehead atoms. The molecule has 0 radical (unpaired) electrons. The second kappa shape index (κ2) is 45.9. The molecule has 0 aliphatic heterocycles. The number of allylic oxidation sites excluding steroid dienone is 16. The summed E-state index contributed by atoms with van der Waals surface area (Å²) in [5, 5.41) is 23.6. The summed E-state index contributed by atoms with van der Waals surface area (Å²) in [4.78, 5) is 26.0. The molecule has 1 amide bonds. The summed E-state index contributed by atoms with van der Waals surface area (Å²) in [6, 6.07) is -0.731. The summed E-state index contributed by atoms with van der Waals surface area (Å²) in [6.45, 7) is 6.26. The van der Waals surface area contributed by atoms with E-state index in [2.05, 4.69) is 92.9 Å². The van der Waals surface area contributed by atoms with Crippen LogP contribution in [0.1, 0.15) is 201 Å². The number of hydrogen-bond acceptors (Lipinski definition) is 5. The molecule has 0 saturated heterocycles. The highest BCUT2D eigenvalue weighted by Crippen LogP contribution is 2.16. The molecule has 59 heavy (non-hydrogen) atoms. The number of rotatable bonds is 41. The largest absolute Gasteiger partial charge is 0.462 e. The van der Waals surface area contributed by atoms with Crippen LogP contribution in [0.25, 0.3) is 0 Å². The zero-order valence-electron chi connectivity index (χ0n) is 38.1. The van der Waals surface area contributed by atoms with Crippen LogP contribution >= 0.6 is 0 Å². The van der Waals surface area contributed by atoms with E-state index in [1.807, 2.05) is 30.4 Å². The summed E-state index contributed by atoms with van der Waals surface area (Å²) in [6.07, 6.45) is 60.4. The molecule has 0 heterocycles. The lowest BCUT2D eigenvalue weighted by Gasteiger charge is -2.24. The van der Waals surface area contributed by atoms with Gasteiger partial charge >= 0.3 is 5.97 Å². The van der Waals surface area contributed by atoms with Crippen LogP contribution in [0.5, 0.6) is 0 Å². The SMILES string of the molecule is CC/C=C/C=C/C=C\C=C/CCCCCC(=O)OC(CCC/C=C\C/C=C\C/C=C\C/C=C\CCCCC)CC(=O)NC(CO)C(O)CCCCCCCCCCCC. The molecule has 6 heteroatoms. The van der Waals surface area contributed by atoms with Gasteiger partial charge in [-0.2, -0.15) is 0 Å². The van der Waals surface area contributed by atoms with Gasteiger partial charge in [0.15, 0.2) is 0 Å². The number of carbonyl (C=O) groups is 2. The minimum atomic E-state index is -0.813. The Bertz CT molecular complexity index is 1190. The van der Waals surface area contributed by atoms with Crippen molar-refractivity contribution in [2.24, 2.45) is 0 Å². The van der Waals surface area contributed by atoms with Gasteiger partial charge in [0.2, 0.25) is 5.91 Å². The van der Waals surface area contributed by atoms with E-state index >= 15 is 0 Å². The van der Waals surface area contributed by atoms with Crippen molar-refractivity contribution in [3.8, 4) is 0 Å². The van der Waals surface area contributed by atoms with Crippen LogP contribution in [0, 0.1) is 0 Å². The van der Waals surface area contributed by atoms with E-state index < -0.39 is 18.2 Å². The summed E-state index contributed by atoms with van der Waals surface area (Å²) < 4.78 is 5.87. The number of carbonyl (C=O) groups excluding carboxylic acids is 2. The van der Waals surface area contributed by atoms with Crippen LogP contribution in [0.3, 0.4) is 0 Å². The minimum absolute atomic E-state index is 0.0181. The zero-order chi connectivity index (χ0) is 43.1. The normalized spacial score (nSPS) is 14.2. The number of aliphatic hydroxyl groups is 2. The predicted octanol–water partition coefficient (Wildman–Crippen LogP) is 14.2. The number of ether oxygens (including phenoxy) is 1. The van der Waals surface area contributed by atoms with Crippen molar-refractivity contribution in [1.82, 2.24) is 5.32 Å². The van der Waals surface area contributed by atoms with E-state index in [9.17, 15) is 19.8 Å². The molecule has 3 N–H and O–H groups in total. The third kappa shape index (κ3) is 41.3. The molecule has 3 atom stereocenters. The molecule has 0 aromatic heterocycles. The molecule has 0 aliphatic carbocycles. The first-order valence-corrected chi connectivity index (χ1v) is 24.0. The van der Waals surface area contributed by atoms with Gasteiger partial charge in [0.1, 0.15) is 6.10 Å². The van der Waals surface area contributed by atoms with Crippen LogP contribution in [-0.2, 0) is 14.3 Å². The first-order chi connectivity index (χ1) is 29.0. The Morgan fingerprint density at radius 1 is 0.525 bits per heavy atom. The maximum atomic E-state index is 13.1. The number of unbranched alkanes of at least 4 members (excludes halogenated alkanes) is 16. The summed E-state index contributed by atoms with van der Waals surface area (Å²) in [5.74, 6) is -0.585. The van der Waals surface area contributed by atoms with E-state index in [0.717, 1.165) is 83.5 Å². The van der Waals surface area contributed by atoms with Crippen molar-refractivity contribution in [2.75, 3.05) is 6.61 Å². The van der Waals surface area contributed by atoms with Crippen molar-refractivity contribution in [2.45, 2.75) is 219 Å². The van der Waals surface area contributed by atoms with Gasteiger partial charge in [0.25, 0.3) is 0 Å². The molecular weight excluding hydrogens is 731 g/mol. The molecule has 0 saturated carbocycles. The van der Waals surface area contributed by atoms with Gasteiger partial charge in [-0.25, -0.2) is 0 Å². The van der Waals surface area contributed by atoms with Gasteiger partial charge in [-0.3, -0.25) is 9.59 Å². The second-order valence-electron chi connectivity index (χ2n) is 15.9. The third-order valence-corrected chi connectivity index (χ3v) is 10.2. The topological polar surface area (TPSA) is 95.9 Å². The first-order valence-electron chi connectivity index (χ1n) is 24.0. The smallest absolute Gasteiger partial charge is 0.306 e. The van der Waals surface area contributed by atoms with Crippen LogP contribution in [0.15, 0.2) is 97.2 Å². The fourth-order valence-corrected chi connectivity index (χ4v) is 6.60. The van der Waals surface area contributed by atoms with Crippen molar-refractivity contribution < 1.29 is 24.5 Å². The van der Waals surface area contributed by atoms with Gasteiger partial charge in [-0.1, -0.05) is 201 Å². The Morgan fingerprint density at radius 3 is 1.59 bits per heavy atom. The fourth-order valence-electron chi connectivity index (χ4n) is 6.60. The standard InChI is InChI=1S/C53H89NO5/c1-4-7-10-13-16-19-22-24-25-26-27-29-30-32-35-38-41-44-49(59-53(58)46-43-40-37-34-31-28-23-20-17-14-11-8-5-2)47-52(57)54-50(48-55)51(56)45-42-39-36-33-21-18-15-12-9-6-3/h8,11,14,16-17,19-20,23-25,27-29,31-32,35,49-51,55-56H,4-7,9-10,12-13,15,18,21-22,26,30,33-34,36-48H2,1-3H3,(H,54,57)/b11-8+,17-14+,19-16-,23-20-,25-24-,29-27-,31-28-,35-32-. The van der Waals surface area contributed by atoms with Crippen LogP contribution in [-0.4, -0.2) is 46.9 Å². The van der Waals surface area contributed by atoms with E-state index in [0.29, 0.717) is 19.3 Å².